The SMILES string of the molecule is CC(C)OC(=O)[C@H](C)NP(=O)(OC[C@@H]1C=C(F)[C@H](n2cc(F)c(N)nc2=O)O1)Oc1ccccc1. The smallest absolute Gasteiger partial charge is 0.459 e. The Kier molecular flexibility index (Phi) is 8.39. The zero-order valence-electron chi connectivity index (χ0n) is 19.1. The summed E-state index contributed by atoms with van der Waals surface area (Å²) in [5.41, 5.74) is 4.21. The van der Waals surface area contributed by atoms with Gasteiger partial charge in [0.2, 0.25) is 0 Å². The highest BCUT2D eigenvalue weighted by atomic mass is 31.2. The van der Waals surface area contributed by atoms with Gasteiger partial charge in [-0.25, -0.2) is 18.1 Å². The summed E-state index contributed by atoms with van der Waals surface area (Å²) in [6.07, 6.45) is -1.54. The first-order valence-corrected chi connectivity index (χ1v) is 12.1. The van der Waals surface area contributed by atoms with Crippen LogP contribution in [-0.2, 0) is 23.4 Å². The van der Waals surface area contributed by atoms with Crippen molar-refractivity contribution in [2.24, 2.45) is 0 Å². The number of rotatable bonds is 10. The first-order valence-electron chi connectivity index (χ1n) is 10.5. The Morgan fingerprint density at radius 1 is 1.29 bits per heavy atom. The lowest BCUT2D eigenvalue weighted by atomic mass is 10.3. The molecule has 1 aliphatic heterocycles. The Balaban J connectivity index is 1.73. The molecule has 2 heterocycles. The molecule has 190 valence electrons. The largest absolute Gasteiger partial charge is 0.462 e. The van der Waals surface area contributed by atoms with Crippen molar-refractivity contribution < 1.29 is 36.7 Å². The number of benzene rings is 1. The van der Waals surface area contributed by atoms with Crippen molar-refractivity contribution in [2.45, 2.75) is 45.2 Å². The Labute approximate surface area is 199 Å². The molecule has 0 spiro atoms. The van der Waals surface area contributed by atoms with Crippen molar-refractivity contribution in [3.05, 3.63) is 64.7 Å². The number of carbonyl (C=O) groups excluding carboxylic acids is 1. The van der Waals surface area contributed by atoms with Crippen molar-refractivity contribution in [2.75, 3.05) is 12.3 Å². The van der Waals surface area contributed by atoms with Crippen LogP contribution in [0.3, 0.4) is 0 Å². The highest BCUT2D eigenvalue weighted by Gasteiger charge is 2.36. The molecule has 0 aliphatic carbocycles. The summed E-state index contributed by atoms with van der Waals surface area (Å²) < 4.78 is 63.7. The molecule has 1 aromatic heterocycles. The summed E-state index contributed by atoms with van der Waals surface area (Å²) >= 11 is 0. The van der Waals surface area contributed by atoms with E-state index in [1.165, 1.54) is 19.1 Å². The van der Waals surface area contributed by atoms with Gasteiger partial charge in [0, 0.05) is 0 Å². The van der Waals surface area contributed by atoms with Crippen LogP contribution in [0.4, 0.5) is 14.6 Å². The molecule has 2 aromatic rings. The van der Waals surface area contributed by atoms with Gasteiger partial charge in [0.25, 0.3) is 0 Å². The van der Waals surface area contributed by atoms with Gasteiger partial charge in [-0.05, 0) is 39.0 Å². The van der Waals surface area contributed by atoms with E-state index in [1.54, 1.807) is 32.0 Å². The molecule has 0 bridgehead atoms. The van der Waals surface area contributed by atoms with E-state index in [9.17, 15) is 22.9 Å². The Morgan fingerprint density at radius 3 is 2.63 bits per heavy atom. The van der Waals surface area contributed by atoms with E-state index in [2.05, 4.69) is 10.1 Å². The number of anilines is 1. The molecule has 1 unspecified atom stereocenters. The highest BCUT2D eigenvalue weighted by molar-refractivity contribution is 7.52. The number of nitrogens with two attached hydrogens (primary N) is 1. The molecule has 35 heavy (non-hydrogen) atoms. The van der Waals surface area contributed by atoms with Gasteiger partial charge in [-0.1, -0.05) is 18.2 Å². The average Bonchev–Trinajstić information content (AvgIpc) is 3.15. The summed E-state index contributed by atoms with van der Waals surface area (Å²) in [5, 5.41) is 2.49. The number of esters is 1. The Bertz CT molecular complexity index is 1190. The lowest BCUT2D eigenvalue weighted by Crippen LogP contribution is -2.36. The molecule has 4 atom stereocenters. The summed E-state index contributed by atoms with van der Waals surface area (Å²) in [5.74, 6) is -3.11. The minimum Gasteiger partial charge on any atom is -0.462 e. The number of para-hydroxylation sites is 1. The van der Waals surface area contributed by atoms with E-state index in [4.69, 9.17) is 24.3 Å². The summed E-state index contributed by atoms with van der Waals surface area (Å²) in [6.45, 7) is 4.21. The van der Waals surface area contributed by atoms with Crippen LogP contribution < -0.4 is 21.0 Å². The molecule has 14 heteroatoms. The molecule has 0 fully saturated rings. The molecule has 3 N–H and O–H groups in total. The topological polar surface area (TPSA) is 144 Å². The molecule has 11 nitrogen and oxygen atoms in total. The van der Waals surface area contributed by atoms with Gasteiger partial charge < -0.3 is 19.7 Å². The second kappa shape index (κ2) is 11.1. The van der Waals surface area contributed by atoms with E-state index < -0.39 is 68.0 Å². The van der Waals surface area contributed by atoms with Gasteiger partial charge in [-0.3, -0.25) is 13.9 Å². The Hall–Kier alpha value is -3.12. The number of halogens is 2. The van der Waals surface area contributed by atoms with Gasteiger partial charge in [0.05, 0.1) is 18.9 Å². The summed E-state index contributed by atoms with van der Waals surface area (Å²) in [7, 11) is -4.22. The van der Waals surface area contributed by atoms with E-state index in [1.807, 2.05) is 0 Å². The molecule has 1 aliphatic rings. The number of carbonyl (C=O) groups is 1. The molecular weight excluding hydrogens is 489 g/mol. The lowest BCUT2D eigenvalue weighted by molar-refractivity contribution is -0.149. The Morgan fingerprint density at radius 2 is 1.97 bits per heavy atom. The zero-order chi connectivity index (χ0) is 25.8. The fourth-order valence-corrected chi connectivity index (χ4v) is 4.45. The summed E-state index contributed by atoms with van der Waals surface area (Å²) in [4.78, 5) is 27.5. The third-order valence-electron chi connectivity index (χ3n) is 4.51. The van der Waals surface area contributed by atoms with Crippen molar-refractivity contribution >= 4 is 19.5 Å². The maximum atomic E-state index is 14.5. The highest BCUT2D eigenvalue weighted by Crippen LogP contribution is 2.45. The minimum atomic E-state index is -4.22. The number of aromatic nitrogens is 2. The summed E-state index contributed by atoms with van der Waals surface area (Å²) in [6, 6.07) is 6.94. The monoisotopic (exact) mass is 514 g/mol. The maximum Gasteiger partial charge on any atom is 0.459 e. The third-order valence-corrected chi connectivity index (χ3v) is 6.15. The number of nitrogens with zero attached hydrogens (tertiary/aromatic N) is 2. The van der Waals surface area contributed by atoms with Crippen LogP contribution >= 0.6 is 7.75 Å². The molecule has 0 amide bonds. The first-order chi connectivity index (χ1) is 16.5. The predicted molar refractivity (Wildman–Crippen MR) is 120 cm³/mol. The fraction of sp³-hybridized carbons (Fsp3) is 0.381. The van der Waals surface area contributed by atoms with Crippen molar-refractivity contribution in [3.8, 4) is 5.75 Å². The molecule has 0 saturated heterocycles. The van der Waals surface area contributed by atoms with E-state index in [0.29, 0.717) is 10.8 Å². The average molecular weight is 514 g/mol. The van der Waals surface area contributed by atoms with Gasteiger partial charge in [-0.2, -0.15) is 10.1 Å². The number of nitrogens with one attached hydrogen (secondary N) is 1. The van der Waals surface area contributed by atoms with Gasteiger partial charge in [-0.15, -0.1) is 0 Å². The second-order valence-electron chi connectivity index (χ2n) is 7.78. The van der Waals surface area contributed by atoms with Crippen LogP contribution in [0.25, 0.3) is 0 Å². The molecule has 0 saturated carbocycles. The molecule has 3 rings (SSSR count). The van der Waals surface area contributed by atoms with E-state index in [0.717, 1.165) is 6.08 Å². The van der Waals surface area contributed by atoms with Crippen LogP contribution in [0.2, 0.25) is 0 Å². The van der Waals surface area contributed by atoms with Gasteiger partial charge in [0.15, 0.2) is 17.9 Å². The van der Waals surface area contributed by atoms with Crippen molar-refractivity contribution in [1.29, 1.82) is 0 Å². The van der Waals surface area contributed by atoms with Crippen LogP contribution in [-0.4, -0.2) is 40.4 Å². The van der Waals surface area contributed by atoms with Crippen LogP contribution in [0, 0.1) is 5.82 Å². The van der Waals surface area contributed by atoms with Crippen LogP contribution in [0.1, 0.15) is 27.0 Å². The fourth-order valence-electron chi connectivity index (χ4n) is 2.95. The normalized spacial score (nSPS) is 20.2. The zero-order valence-corrected chi connectivity index (χ0v) is 20.0. The molecular formula is C21H25F2N4O7P. The van der Waals surface area contributed by atoms with E-state index >= 15 is 0 Å². The number of hydrogen-bond acceptors (Lipinski definition) is 9. The van der Waals surface area contributed by atoms with E-state index in [-0.39, 0.29) is 5.75 Å². The standard InChI is InChI=1S/C21H25F2N4O7P/c1-12(2)32-20(28)13(3)26-35(30,34-14-7-5-4-6-8-14)31-11-15-9-16(22)19(33-15)27-10-17(23)18(24)25-21(27)29/h4-10,12-13,15,19H,11H2,1-3H3,(H,26,30)(H2,24,25,29)/t13-,15-,19+,35?/m0/s1. The lowest BCUT2D eigenvalue weighted by Gasteiger charge is -2.24. The second-order valence-corrected chi connectivity index (χ2v) is 9.47. The van der Waals surface area contributed by atoms with Crippen molar-refractivity contribution in [3.63, 3.8) is 0 Å². The molecule has 0 radical (unpaired) electrons. The molecule has 1 aromatic carbocycles. The van der Waals surface area contributed by atoms with Crippen LogP contribution in [0.5, 0.6) is 5.75 Å². The minimum absolute atomic E-state index is 0.176. The number of nitrogen functional groups attached to an aromatic ring is 1. The third kappa shape index (κ3) is 6.95. The van der Waals surface area contributed by atoms with Crippen LogP contribution in [0.15, 0.2) is 53.2 Å². The first kappa shape index (κ1) is 26.5. The number of ether oxygens (including phenoxy) is 2. The number of hydrogen-bond donors (Lipinski definition) is 2. The quantitative estimate of drug-likeness (QED) is 0.359. The van der Waals surface area contributed by atoms with Gasteiger partial charge in [0.1, 0.15) is 23.7 Å². The predicted octanol–water partition coefficient (Wildman–Crippen LogP) is 2.85. The van der Waals surface area contributed by atoms with Crippen molar-refractivity contribution in [1.82, 2.24) is 14.6 Å². The maximum absolute atomic E-state index is 14.5. The van der Waals surface area contributed by atoms with Gasteiger partial charge >= 0.3 is 19.4 Å².